The van der Waals surface area contributed by atoms with Gasteiger partial charge in [-0.3, -0.25) is 0 Å². The normalized spacial score (nSPS) is 21.2. The van der Waals surface area contributed by atoms with E-state index in [1.165, 1.54) is 11.3 Å². The van der Waals surface area contributed by atoms with Crippen molar-refractivity contribution in [2.75, 3.05) is 31.3 Å². The predicted molar refractivity (Wildman–Crippen MR) is 92.8 cm³/mol. The van der Waals surface area contributed by atoms with Crippen LogP contribution >= 0.6 is 23.1 Å². The number of benzene rings is 1. The quantitative estimate of drug-likeness (QED) is 0.851. The molecule has 3 rings (SSSR count). The minimum Gasteiger partial charge on any atom is -0.378 e. The van der Waals surface area contributed by atoms with Gasteiger partial charge in [-0.25, -0.2) is 4.98 Å². The number of nitrogens with two attached hydrogens (primary N) is 1. The van der Waals surface area contributed by atoms with E-state index >= 15 is 0 Å². The highest BCUT2D eigenvalue weighted by atomic mass is 32.2. The molecule has 0 radical (unpaired) electrons. The number of quaternary nitrogens is 1. The molecule has 0 spiro atoms. The maximum absolute atomic E-state index is 6.16. The van der Waals surface area contributed by atoms with Crippen molar-refractivity contribution in [2.24, 2.45) is 0 Å². The molecule has 1 aromatic heterocycles. The van der Waals surface area contributed by atoms with Crippen molar-refractivity contribution in [1.82, 2.24) is 4.98 Å². The van der Waals surface area contributed by atoms with E-state index in [0.717, 1.165) is 22.3 Å². The van der Waals surface area contributed by atoms with Crippen LogP contribution in [0.25, 0.3) is 0 Å². The molecule has 6 heteroatoms. The SMILES string of the molecule is Cc1csc(SC[C@@H]2C[NH2+][C@H](c3ccc(N(C)C)cc3)O2)n1. The molecule has 22 heavy (non-hydrogen) atoms. The summed E-state index contributed by atoms with van der Waals surface area (Å²) in [5, 5.41) is 4.38. The molecule has 0 amide bonds. The molecule has 1 saturated heterocycles. The van der Waals surface area contributed by atoms with Crippen molar-refractivity contribution in [3.8, 4) is 0 Å². The van der Waals surface area contributed by atoms with Crippen molar-refractivity contribution >= 4 is 28.8 Å². The summed E-state index contributed by atoms with van der Waals surface area (Å²) >= 11 is 3.51. The second kappa shape index (κ2) is 7.00. The summed E-state index contributed by atoms with van der Waals surface area (Å²) in [7, 11) is 4.11. The fourth-order valence-corrected chi connectivity index (χ4v) is 4.33. The molecule has 1 aliphatic rings. The number of nitrogens with zero attached hydrogens (tertiary/aromatic N) is 2. The van der Waals surface area contributed by atoms with Gasteiger partial charge < -0.3 is 15.0 Å². The summed E-state index contributed by atoms with van der Waals surface area (Å²) in [5.74, 6) is 0.968. The molecule has 0 saturated carbocycles. The third-order valence-corrected chi connectivity index (χ3v) is 5.95. The number of ether oxygens (including phenoxy) is 1. The smallest absolute Gasteiger partial charge is 0.217 e. The number of thioether (sulfide) groups is 1. The third kappa shape index (κ3) is 3.81. The third-order valence-electron chi connectivity index (χ3n) is 3.68. The molecule has 2 heterocycles. The maximum atomic E-state index is 6.16. The van der Waals surface area contributed by atoms with E-state index in [1.54, 1.807) is 23.1 Å². The average Bonchev–Trinajstić information content (AvgIpc) is 3.14. The number of hydrogen-bond acceptors (Lipinski definition) is 5. The molecule has 0 aliphatic carbocycles. The first-order valence-corrected chi connectivity index (χ1v) is 9.29. The first-order valence-electron chi connectivity index (χ1n) is 7.43. The molecular formula is C16H22N3OS2+. The van der Waals surface area contributed by atoms with Gasteiger partial charge in [0.2, 0.25) is 6.23 Å². The summed E-state index contributed by atoms with van der Waals surface area (Å²) in [6.07, 6.45) is 0.410. The van der Waals surface area contributed by atoms with Crippen LogP contribution < -0.4 is 10.2 Å². The summed E-state index contributed by atoms with van der Waals surface area (Å²) in [6, 6.07) is 8.62. The fourth-order valence-electron chi connectivity index (χ4n) is 2.44. The van der Waals surface area contributed by atoms with Crippen molar-refractivity contribution in [3.05, 3.63) is 40.9 Å². The highest BCUT2D eigenvalue weighted by molar-refractivity contribution is 8.01. The zero-order valence-corrected chi connectivity index (χ0v) is 14.8. The average molecular weight is 337 g/mol. The fraction of sp³-hybridized carbons (Fsp3) is 0.438. The van der Waals surface area contributed by atoms with E-state index < -0.39 is 0 Å². The molecule has 1 aromatic carbocycles. The van der Waals surface area contributed by atoms with Crippen molar-refractivity contribution in [3.63, 3.8) is 0 Å². The zero-order chi connectivity index (χ0) is 15.5. The molecule has 118 valence electrons. The number of aryl methyl sites for hydroxylation is 1. The van der Waals surface area contributed by atoms with Gasteiger partial charge in [0.05, 0.1) is 0 Å². The van der Waals surface area contributed by atoms with Crippen LogP contribution in [0.5, 0.6) is 0 Å². The van der Waals surface area contributed by atoms with Crippen LogP contribution in [0.3, 0.4) is 0 Å². The Morgan fingerprint density at radius 2 is 2.14 bits per heavy atom. The first-order chi connectivity index (χ1) is 10.6. The molecule has 2 N–H and O–H groups in total. The van der Waals surface area contributed by atoms with Gasteiger partial charge in [-0.1, -0.05) is 11.8 Å². The molecular weight excluding hydrogens is 314 g/mol. The summed E-state index contributed by atoms with van der Waals surface area (Å²) in [5.41, 5.74) is 3.56. The van der Waals surface area contributed by atoms with Crippen LogP contribution in [0.15, 0.2) is 34.0 Å². The number of anilines is 1. The van der Waals surface area contributed by atoms with E-state index in [4.69, 9.17) is 4.74 Å². The molecule has 1 aliphatic heterocycles. The monoisotopic (exact) mass is 336 g/mol. The lowest BCUT2D eigenvalue weighted by Crippen LogP contribution is -2.82. The van der Waals surface area contributed by atoms with Gasteiger partial charge in [-0.15, -0.1) is 11.3 Å². The minimum absolute atomic E-state index is 0.125. The highest BCUT2D eigenvalue weighted by Crippen LogP contribution is 2.26. The van der Waals surface area contributed by atoms with Crippen LogP contribution in [0, 0.1) is 6.92 Å². The lowest BCUT2D eigenvalue weighted by Gasteiger charge is -2.14. The molecule has 0 unspecified atom stereocenters. The number of rotatable bonds is 5. The van der Waals surface area contributed by atoms with E-state index in [0.29, 0.717) is 0 Å². The summed E-state index contributed by atoms with van der Waals surface area (Å²) in [4.78, 5) is 6.60. The van der Waals surface area contributed by atoms with E-state index in [2.05, 4.69) is 58.9 Å². The van der Waals surface area contributed by atoms with Crippen molar-refractivity contribution in [1.29, 1.82) is 0 Å². The lowest BCUT2D eigenvalue weighted by atomic mass is 10.2. The van der Waals surface area contributed by atoms with Gasteiger partial charge in [0.15, 0.2) is 0 Å². The summed E-state index contributed by atoms with van der Waals surface area (Å²) in [6.45, 7) is 3.05. The Kier molecular flexibility index (Phi) is 5.03. The number of thiazole rings is 1. The van der Waals surface area contributed by atoms with Crippen LogP contribution in [-0.4, -0.2) is 37.5 Å². The second-order valence-electron chi connectivity index (χ2n) is 5.70. The van der Waals surface area contributed by atoms with E-state index in [9.17, 15) is 0 Å². The Hall–Kier alpha value is -1.08. The van der Waals surface area contributed by atoms with Crippen LogP contribution in [0.4, 0.5) is 5.69 Å². The Morgan fingerprint density at radius 3 is 2.77 bits per heavy atom. The molecule has 0 bridgehead atoms. The van der Waals surface area contributed by atoms with Gasteiger partial charge in [-0.2, -0.15) is 0 Å². The second-order valence-corrected chi connectivity index (χ2v) is 7.83. The van der Waals surface area contributed by atoms with Gasteiger partial charge in [0.1, 0.15) is 17.0 Å². The van der Waals surface area contributed by atoms with Crippen LogP contribution in [0.1, 0.15) is 17.5 Å². The Bertz CT molecular complexity index is 612. The topological polar surface area (TPSA) is 42.0 Å². The number of aromatic nitrogens is 1. The predicted octanol–water partition coefficient (Wildman–Crippen LogP) is 2.27. The molecule has 4 nitrogen and oxygen atoms in total. The van der Waals surface area contributed by atoms with Gasteiger partial charge in [0, 0.05) is 42.2 Å². The lowest BCUT2D eigenvalue weighted by molar-refractivity contribution is -0.697. The van der Waals surface area contributed by atoms with E-state index in [-0.39, 0.29) is 12.3 Å². The largest absolute Gasteiger partial charge is 0.378 e. The number of hydrogen-bond donors (Lipinski definition) is 1. The van der Waals surface area contributed by atoms with Crippen LogP contribution in [-0.2, 0) is 4.74 Å². The first kappa shape index (κ1) is 15.8. The molecule has 2 atom stereocenters. The van der Waals surface area contributed by atoms with E-state index in [1.807, 2.05) is 6.92 Å². The van der Waals surface area contributed by atoms with Gasteiger partial charge in [0.25, 0.3) is 0 Å². The molecule has 2 aromatic rings. The van der Waals surface area contributed by atoms with Gasteiger partial charge in [-0.05, 0) is 31.2 Å². The standard InChI is InChI=1S/C16H21N3OS2/c1-11-9-21-16(18-11)22-10-14-8-17-15(20-14)12-4-6-13(7-5-12)19(2)3/h4-7,9,14-15,17H,8,10H2,1-3H3/p+1/t14-,15-/m0/s1. The van der Waals surface area contributed by atoms with Crippen molar-refractivity contribution < 1.29 is 10.1 Å². The zero-order valence-electron chi connectivity index (χ0n) is 13.2. The Labute approximate surface area is 139 Å². The Morgan fingerprint density at radius 1 is 1.36 bits per heavy atom. The highest BCUT2D eigenvalue weighted by Gasteiger charge is 2.30. The minimum atomic E-state index is 0.125. The summed E-state index contributed by atoms with van der Waals surface area (Å²) < 4.78 is 7.30. The van der Waals surface area contributed by atoms with Crippen molar-refractivity contribution in [2.45, 2.75) is 23.6 Å². The van der Waals surface area contributed by atoms with Gasteiger partial charge >= 0.3 is 0 Å². The van der Waals surface area contributed by atoms with Crippen LogP contribution in [0.2, 0.25) is 0 Å². The maximum Gasteiger partial charge on any atom is 0.217 e. The molecule has 1 fully saturated rings. The Balaban J connectivity index is 1.53.